The maximum absolute atomic E-state index is 11.7. The standard InChI is InChI=1S/C27H32ClN7O3/c1-16-6-8-17(9-7-16)15-35-21-20(18-12-19(28)14-29-13-18)30-23(24-33-34-26(36)38-24)31-22(21)32-25(35)27(37-2)10-4-3-5-11-27/h12-14,16-17H,3-11,15H2,1-2H3,(H,34,36)/t16-,17-. The molecular weight excluding hydrogens is 506 g/mol. The number of nitrogens with one attached hydrogen (secondary N) is 1. The van der Waals surface area contributed by atoms with Gasteiger partial charge >= 0.3 is 5.76 Å². The summed E-state index contributed by atoms with van der Waals surface area (Å²) in [6.07, 6.45) is 13.3. The van der Waals surface area contributed by atoms with Crippen molar-refractivity contribution in [2.45, 2.75) is 76.9 Å². The van der Waals surface area contributed by atoms with Gasteiger partial charge in [-0.05, 0) is 43.6 Å². The van der Waals surface area contributed by atoms with Crippen LogP contribution >= 0.6 is 11.6 Å². The lowest BCUT2D eigenvalue weighted by molar-refractivity contribution is -0.0541. The Bertz CT molecular complexity index is 1500. The largest absolute Gasteiger partial charge is 0.434 e. The summed E-state index contributed by atoms with van der Waals surface area (Å²) in [5.74, 6) is 1.67. The molecule has 0 radical (unpaired) electrons. The first-order chi connectivity index (χ1) is 18.5. The van der Waals surface area contributed by atoms with Crippen LogP contribution in [0.25, 0.3) is 34.1 Å². The summed E-state index contributed by atoms with van der Waals surface area (Å²) in [5, 5.41) is 6.75. The Morgan fingerprint density at radius 1 is 1.13 bits per heavy atom. The summed E-state index contributed by atoms with van der Waals surface area (Å²) in [6.45, 7) is 3.15. The molecule has 0 aliphatic heterocycles. The third kappa shape index (κ3) is 4.64. The van der Waals surface area contributed by atoms with Crippen LogP contribution in [0.2, 0.25) is 5.02 Å². The highest BCUT2D eigenvalue weighted by Crippen LogP contribution is 2.43. The normalized spacial score (nSPS) is 21.7. The monoisotopic (exact) mass is 537 g/mol. The number of methoxy groups -OCH3 is 1. The minimum absolute atomic E-state index is 0.00428. The minimum Gasteiger partial charge on any atom is -0.384 e. The maximum Gasteiger partial charge on any atom is 0.434 e. The topological polar surface area (TPSA) is 125 Å². The molecule has 0 atom stereocenters. The molecule has 2 saturated carbocycles. The van der Waals surface area contributed by atoms with Crippen LogP contribution in [-0.4, -0.2) is 41.8 Å². The van der Waals surface area contributed by atoms with Gasteiger partial charge < -0.3 is 13.7 Å². The van der Waals surface area contributed by atoms with Crippen LogP contribution in [0.4, 0.5) is 0 Å². The van der Waals surface area contributed by atoms with Gasteiger partial charge in [0.15, 0.2) is 5.65 Å². The van der Waals surface area contributed by atoms with Crippen molar-refractivity contribution in [2.24, 2.45) is 11.8 Å². The summed E-state index contributed by atoms with van der Waals surface area (Å²) in [6, 6.07) is 1.83. The first kappa shape index (κ1) is 25.2. The summed E-state index contributed by atoms with van der Waals surface area (Å²) >= 11 is 6.36. The smallest absolute Gasteiger partial charge is 0.384 e. The van der Waals surface area contributed by atoms with E-state index in [0.29, 0.717) is 22.3 Å². The molecule has 38 heavy (non-hydrogen) atoms. The highest BCUT2D eigenvalue weighted by Gasteiger charge is 2.40. The molecule has 200 valence electrons. The summed E-state index contributed by atoms with van der Waals surface area (Å²) in [7, 11) is 1.79. The zero-order valence-electron chi connectivity index (χ0n) is 21.7. The van der Waals surface area contributed by atoms with E-state index in [1.807, 2.05) is 6.07 Å². The molecule has 2 aliphatic rings. The Kier molecular flexibility index (Phi) is 6.77. The van der Waals surface area contributed by atoms with Gasteiger partial charge in [0, 0.05) is 31.6 Å². The second kappa shape index (κ2) is 10.2. The van der Waals surface area contributed by atoms with Crippen molar-refractivity contribution in [1.82, 2.24) is 34.7 Å². The molecule has 10 nitrogen and oxygen atoms in total. The van der Waals surface area contributed by atoms with Crippen molar-refractivity contribution in [3.63, 3.8) is 0 Å². The number of hydrogen-bond donors (Lipinski definition) is 1. The van der Waals surface area contributed by atoms with Gasteiger partial charge in [-0.3, -0.25) is 4.98 Å². The van der Waals surface area contributed by atoms with Gasteiger partial charge in [-0.2, -0.15) is 0 Å². The van der Waals surface area contributed by atoms with E-state index in [0.717, 1.165) is 55.1 Å². The second-order valence-electron chi connectivity index (χ2n) is 10.8. The van der Waals surface area contributed by atoms with Crippen molar-refractivity contribution in [3.05, 3.63) is 39.9 Å². The van der Waals surface area contributed by atoms with Gasteiger partial charge in [0.1, 0.15) is 22.6 Å². The molecule has 6 rings (SSSR count). The van der Waals surface area contributed by atoms with Gasteiger partial charge in [0.25, 0.3) is 5.89 Å². The van der Waals surface area contributed by atoms with E-state index in [4.69, 9.17) is 35.7 Å². The number of ether oxygens (including phenoxy) is 1. The van der Waals surface area contributed by atoms with Gasteiger partial charge in [0.2, 0.25) is 5.82 Å². The Morgan fingerprint density at radius 3 is 2.61 bits per heavy atom. The van der Waals surface area contributed by atoms with Crippen molar-refractivity contribution >= 4 is 22.8 Å². The summed E-state index contributed by atoms with van der Waals surface area (Å²) in [4.78, 5) is 30.8. The predicted molar refractivity (Wildman–Crippen MR) is 143 cm³/mol. The molecule has 2 fully saturated rings. The van der Waals surface area contributed by atoms with Crippen LogP contribution in [0.15, 0.2) is 27.7 Å². The van der Waals surface area contributed by atoms with Gasteiger partial charge in [0.05, 0.1) is 5.02 Å². The molecule has 0 bridgehead atoms. The first-order valence-corrected chi connectivity index (χ1v) is 13.8. The third-order valence-corrected chi connectivity index (χ3v) is 8.45. The minimum atomic E-state index is -0.673. The highest BCUT2D eigenvalue weighted by molar-refractivity contribution is 6.30. The average Bonchev–Trinajstić information content (AvgIpc) is 3.54. The molecule has 4 heterocycles. The molecule has 0 amide bonds. The Hall–Kier alpha value is -3.11. The van der Waals surface area contributed by atoms with Crippen LogP contribution in [0.1, 0.15) is 70.5 Å². The lowest BCUT2D eigenvalue weighted by Crippen LogP contribution is -2.35. The van der Waals surface area contributed by atoms with E-state index in [1.165, 1.54) is 32.1 Å². The number of nitrogens with zero attached hydrogens (tertiary/aromatic N) is 6. The average molecular weight is 538 g/mol. The van der Waals surface area contributed by atoms with Crippen molar-refractivity contribution < 1.29 is 9.15 Å². The van der Waals surface area contributed by atoms with E-state index < -0.39 is 11.4 Å². The van der Waals surface area contributed by atoms with Crippen LogP contribution in [-0.2, 0) is 16.9 Å². The number of aromatic nitrogens is 7. The molecule has 0 unspecified atom stereocenters. The Labute approximate surface area is 225 Å². The number of halogens is 1. The predicted octanol–water partition coefficient (Wildman–Crippen LogP) is 5.52. The van der Waals surface area contributed by atoms with Crippen LogP contribution in [0.5, 0.6) is 0 Å². The second-order valence-corrected chi connectivity index (χ2v) is 11.2. The molecule has 1 N–H and O–H groups in total. The SMILES string of the molecule is COC1(c2nc3nc(-c4n[nH]c(=O)o4)nc(-c4cncc(Cl)c4)c3n2C[C@H]2CC[C@H](C)CC2)CCCCC1. The molecule has 0 spiro atoms. The fraction of sp³-hybridized carbons (Fsp3) is 0.556. The summed E-state index contributed by atoms with van der Waals surface area (Å²) in [5.41, 5.74) is 2.17. The molecule has 4 aromatic heterocycles. The van der Waals surface area contributed by atoms with Crippen LogP contribution < -0.4 is 5.76 Å². The van der Waals surface area contributed by atoms with E-state index >= 15 is 0 Å². The van der Waals surface area contributed by atoms with E-state index in [9.17, 15) is 4.79 Å². The lowest BCUT2D eigenvalue weighted by Gasteiger charge is -2.36. The molecule has 2 aliphatic carbocycles. The van der Waals surface area contributed by atoms with E-state index in [-0.39, 0.29) is 11.7 Å². The van der Waals surface area contributed by atoms with E-state index in [2.05, 4.69) is 26.7 Å². The van der Waals surface area contributed by atoms with Crippen molar-refractivity contribution in [1.29, 1.82) is 0 Å². The number of fused-ring (bicyclic) bond motifs is 1. The first-order valence-electron chi connectivity index (χ1n) is 13.5. The van der Waals surface area contributed by atoms with Gasteiger partial charge in [-0.1, -0.05) is 50.6 Å². The molecule has 0 aromatic carbocycles. The summed E-state index contributed by atoms with van der Waals surface area (Å²) < 4.78 is 13.8. The number of aromatic amines is 1. The maximum atomic E-state index is 11.7. The number of pyridine rings is 1. The zero-order valence-corrected chi connectivity index (χ0v) is 22.5. The number of hydrogen-bond acceptors (Lipinski definition) is 8. The van der Waals surface area contributed by atoms with Gasteiger partial charge in [-0.15, -0.1) is 5.10 Å². The molecular formula is C27H32ClN7O3. The fourth-order valence-corrected chi connectivity index (χ4v) is 6.31. The number of H-pyrrole nitrogens is 1. The Balaban J connectivity index is 1.61. The van der Waals surface area contributed by atoms with Crippen molar-refractivity contribution in [3.8, 4) is 23.0 Å². The van der Waals surface area contributed by atoms with Crippen LogP contribution in [0, 0.1) is 11.8 Å². The Morgan fingerprint density at radius 2 is 1.92 bits per heavy atom. The van der Waals surface area contributed by atoms with Crippen molar-refractivity contribution in [2.75, 3.05) is 7.11 Å². The fourth-order valence-electron chi connectivity index (χ4n) is 6.14. The number of rotatable bonds is 6. The zero-order chi connectivity index (χ0) is 26.3. The van der Waals surface area contributed by atoms with Crippen LogP contribution in [0.3, 0.4) is 0 Å². The number of imidazole rings is 1. The lowest BCUT2D eigenvalue weighted by atomic mass is 9.82. The highest BCUT2D eigenvalue weighted by atomic mass is 35.5. The van der Waals surface area contributed by atoms with Gasteiger partial charge in [-0.25, -0.2) is 24.8 Å². The quantitative estimate of drug-likeness (QED) is 0.341. The third-order valence-electron chi connectivity index (χ3n) is 8.25. The molecule has 4 aromatic rings. The molecule has 11 heteroatoms. The molecule has 0 saturated heterocycles. The van der Waals surface area contributed by atoms with E-state index in [1.54, 1.807) is 19.5 Å².